The van der Waals surface area contributed by atoms with Gasteiger partial charge in [-0.3, -0.25) is 14.5 Å². The fourth-order valence-electron chi connectivity index (χ4n) is 2.86. The first-order chi connectivity index (χ1) is 10.8. The summed E-state index contributed by atoms with van der Waals surface area (Å²) < 4.78 is 23.4. The van der Waals surface area contributed by atoms with E-state index in [9.17, 15) is 18.0 Å². The van der Waals surface area contributed by atoms with E-state index in [-0.39, 0.29) is 36.5 Å². The predicted molar refractivity (Wildman–Crippen MR) is 88.0 cm³/mol. The zero-order valence-electron chi connectivity index (χ0n) is 14.0. The molecule has 1 atom stereocenters. The molecular formula is C15H28N2O5S. The van der Waals surface area contributed by atoms with Crippen molar-refractivity contribution in [2.24, 2.45) is 0 Å². The van der Waals surface area contributed by atoms with E-state index < -0.39 is 15.8 Å². The van der Waals surface area contributed by atoms with Gasteiger partial charge in [0.15, 0.2) is 9.84 Å². The molecule has 0 aromatic carbocycles. The minimum atomic E-state index is -3.06. The van der Waals surface area contributed by atoms with Crippen LogP contribution in [0.5, 0.6) is 0 Å². The standard InChI is InChI=1S/C15H28N2O5S/c1-3-5-8-17(13-6-9-23(21,22)12-13)14(18)10-16(7-4-2)11-15(19)20/h13H,3-12H2,1-2H3,(H,19,20). The van der Waals surface area contributed by atoms with Gasteiger partial charge in [0.2, 0.25) is 5.91 Å². The molecular weight excluding hydrogens is 320 g/mol. The summed E-state index contributed by atoms with van der Waals surface area (Å²) in [7, 11) is -3.06. The Balaban J connectivity index is 2.76. The molecule has 0 saturated carbocycles. The molecule has 7 nitrogen and oxygen atoms in total. The summed E-state index contributed by atoms with van der Waals surface area (Å²) in [6.45, 7) is 4.86. The van der Waals surface area contributed by atoms with Gasteiger partial charge < -0.3 is 10.0 Å². The van der Waals surface area contributed by atoms with Crippen LogP contribution >= 0.6 is 0 Å². The van der Waals surface area contributed by atoms with Gasteiger partial charge in [-0.05, 0) is 25.8 Å². The Bertz CT molecular complexity index is 506. The molecule has 0 bridgehead atoms. The molecule has 1 heterocycles. The Morgan fingerprint density at radius 1 is 1.13 bits per heavy atom. The van der Waals surface area contributed by atoms with Gasteiger partial charge in [0.1, 0.15) is 0 Å². The summed E-state index contributed by atoms with van der Waals surface area (Å²) in [5.74, 6) is -0.985. The minimum Gasteiger partial charge on any atom is -0.480 e. The summed E-state index contributed by atoms with van der Waals surface area (Å²) in [6, 6.07) is -0.271. The number of carbonyl (C=O) groups is 2. The third kappa shape index (κ3) is 6.87. The predicted octanol–water partition coefficient (Wildman–Crippen LogP) is 0.599. The smallest absolute Gasteiger partial charge is 0.317 e. The summed E-state index contributed by atoms with van der Waals surface area (Å²) in [5, 5.41) is 8.94. The summed E-state index contributed by atoms with van der Waals surface area (Å²) in [5.41, 5.74) is 0. The number of carboxylic acids is 1. The van der Waals surface area contributed by atoms with Crippen molar-refractivity contribution in [2.75, 3.05) is 37.7 Å². The molecule has 1 rings (SSSR count). The van der Waals surface area contributed by atoms with Gasteiger partial charge in [0, 0.05) is 12.6 Å². The molecule has 8 heteroatoms. The van der Waals surface area contributed by atoms with Crippen molar-refractivity contribution in [1.29, 1.82) is 0 Å². The van der Waals surface area contributed by atoms with E-state index in [0.717, 1.165) is 19.3 Å². The number of hydrogen-bond donors (Lipinski definition) is 1. The lowest BCUT2D eigenvalue weighted by Gasteiger charge is -2.30. The molecule has 0 spiro atoms. The Morgan fingerprint density at radius 3 is 2.30 bits per heavy atom. The maximum atomic E-state index is 12.6. The number of sulfone groups is 1. The molecule has 23 heavy (non-hydrogen) atoms. The van der Waals surface area contributed by atoms with Crippen LogP contribution in [0.4, 0.5) is 0 Å². The summed E-state index contributed by atoms with van der Waals surface area (Å²) in [4.78, 5) is 26.8. The Morgan fingerprint density at radius 2 is 1.83 bits per heavy atom. The van der Waals surface area contributed by atoms with E-state index in [2.05, 4.69) is 0 Å². The number of amides is 1. The van der Waals surface area contributed by atoms with Crippen LogP contribution in [0.15, 0.2) is 0 Å². The molecule has 1 aliphatic rings. The monoisotopic (exact) mass is 348 g/mol. The second-order valence-corrected chi connectivity index (χ2v) is 8.33. The topological polar surface area (TPSA) is 95.0 Å². The van der Waals surface area contributed by atoms with Crippen molar-refractivity contribution < 1.29 is 23.1 Å². The first-order valence-corrected chi connectivity index (χ1v) is 10.0. The van der Waals surface area contributed by atoms with Gasteiger partial charge in [0.25, 0.3) is 0 Å². The number of unbranched alkanes of at least 4 members (excludes halogenated alkanes) is 1. The van der Waals surface area contributed by atoms with Gasteiger partial charge in [-0.1, -0.05) is 20.3 Å². The molecule has 1 aliphatic heterocycles. The lowest BCUT2D eigenvalue weighted by Crippen LogP contribution is -2.47. The molecule has 1 unspecified atom stereocenters. The first kappa shape index (κ1) is 19.9. The largest absolute Gasteiger partial charge is 0.480 e. The van der Waals surface area contributed by atoms with Crippen molar-refractivity contribution in [3.63, 3.8) is 0 Å². The van der Waals surface area contributed by atoms with Crippen LogP contribution in [0.25, 0.3) is 0 Å². The van der Waals surface area contributed by atoms with Crippen LogP contribution in [0.2, 0.25) is 0 Å². The number of carboxylic acid groups (broad SMARTS) is 1. The number of rotatable bonds is 10. The van der Waals surface area contributed by atoms with Crippen molar-refractivity contribution in [1.82, 2.24) is 9.80 Å². The molecule has 0 aliphatic carbocycles. The number of hydrogen-bond acceptors (Lipinski definition) is 5. The highest BCUT2D eigenvalue weighted by molar-refractivity contribution is 7.91. The highest BCUT2D eigenvalue weighted by Crippen LogP contribution is 2.19. The Labute approximate surface area is 138 Å². The van der Waals surface area contributed by atoms with Crippen LogP contribution in [0.3, 0.4) is 0 Å². The SMILES string of the molecule is CCCCN(C(=O)CN(CCC)CC(=O)O)C1CCS(=O)(=O)C1. The number of aliphatic carboxylic acids is 1. The van der Waals surface area contributed by atoms with E-state index in [1.807, 2.05) is 13.8 Å². The third-order valence-electron chi connectivity index (χ3n) is 3.98. The van der Waals surface area contributed by atoms with Gasteiger partial charge in [-0.2, -0.15) is 0 Å². The van der Waals surface area contributed by atoms with Crippen LogP contribution in [-0.4, -0.2) is 78.9 Å². The van der Waals surface area contributed by atoms with E-state index >= 15 is 0 Å². The molecule has 0 aromatic rings. The average Bonchev–Trinajstić information content (AvgIpc) is 2.79. The van der Waals surface area contributed by atoms with Gasteiger partial charge in [-0.25, -0.2) is 8.42 Å². The highest BCUT2D eigenvalue weighted by Gasteiger charge is 2.34. The fraction of sp³-hybridized carbons (Fsp3) is 0.867. The van der Waals surface area contributed by atoms with E-state index in [0.29, 0.717) is 19.5 Å². The molecule has 1 N–H and O–H groups in total. The zero-order valence-corrected chi connectivity index (χ0v) is 14.8. The first-order valence-electron chi connectivity index (χ1n) is 8.23. The normalized spacial score (nSPS) is 19.9. The maximum Gasteiger partial charge on any atom is 0.317 e. The molecule has 0 radical (unpaired) electrons. The second kappa shape index (κ2) is 9.22. The van der Waals surface area contributed by atoms with Crippen molar-refractivity contribution in [2.45, 2.75) is 45.6 Å². The van der Waals surface area contributed by atoms with Gasteiger partial charge in [0.05, 0.1) is 24.6 Å². The fourth-order valence-corrected chi connectivity index (χ4v) is 4.59. The lowest BCUT2D eigenvalue weighted by atomic mass is 10.2. The van der Waals surface area contributed by atoms with Crippen LogP contribution in [0.1, 0.15) is 39.5 Å². The van der Waals surface area contributed by atoms with Crippen LogP contribution < -0.4 is 0 Å². The zero-order chi connectivity index (χ0) is 17.5. The summed E-state index contributed by atoms with van der Waals surface area (Å²) in [6.07, 6.45) is 2.96. The van der Waals surface area contributed by atoms with Crippen molar-refractivity contribution >= 4 is 21.7 Å². The molecule has 134 valence electrons. The Hall–Kier alpha value is -1.15. The maximum absolute atomic E-state index is 12.6. The van der Waals surface area contributed by atoms with Gasteiger partial charge in [-0.15, -0.1) is 0 Å². The van der Waals surface area contributed by atoms with Crippen LogP contribution in [0, 0.1) is 0 Å². The quantitative estimate of drug-likeness (QED) is 0.621. The molecule has 1 amide bonds. The highest BCUT2D eigenvalue weighted by atomic mass is 32.2. The Kier molecular flexibility index (Phi) is 7.98. The number of carbonyl (C=O) groups excluding carboxylic acids is 1. The second-order valence-electron chi connectivity index (χ2n) is 6.10. The van der Waals surface area contributed by atoms with Crippen LogP contribution in [-0.2, 0) is 19.4 Å². The third-order valence-corrected chi connectivity index (χ3v) is 5.73. The molecule has 1 saturated heterocycles. The summed E-state index contributed by atoms with van der Waals surface area (Å²) >= 11 is 0. The van der Waals surface area contributed by atoms with E-state index in [4.69, 9.17) is 5.11 Å². The van der Waals surface area contributed by atoms with Crippen molar-refractivity contribution in [3.8, 4) is 0 Å². The number of nitrogens with zero attached hydrogens (tertiary/aromatic N) is 2. The van der Waals surface area contributed by atoms with E-state index in [1.165, 1.54) is 0 Å². The lowest BCUT2D eigenvalue weighted by molar-refractivity contribution is -0.140. The minimum absolute atomic E-state index is 0.0230. The van der Waals surface area contributed by atoms with Gasteiger partial charge >= 0.3 is 5.97 Å². The average molecular weight is 348 g/mol. The van der Waals surface area contributed by atoms with Crippen molar-refractivity contribution in [3.05, 3.63) is 0 Å². The molecule has 1 fully saturated rings. The van der Waals surface area contributed by atoms with E-state index in [1.54, 1.807) is 9.80 Å². The molecule has 0 aromatic heterocycles.